The van der Waals surface area contributed by atoms with Crippen molar-refractivity contribution < 1.29 is 9.59 Å². The van der Waals surface area contributed by atoms with Crippen molar-refractivity contribution in [2.75, 3.05) is 6.54 Å². The number of fused-ring (bicyclic) bond motifs is 3. The van der Waals surface area contributed by atoms with Crippen molar-refractivity contribution in [1.29, 1.82) is 0 Å². The fourth-order valence-electron chi connectivity index (χ4n) is 3.19. The van der Waals surface area contributed by atoms with Gasteiger partial charge in [-0.15, -0.1) is 11.3 Å². The Bertz CT molecular complexity index is 1040. The number of rotatable bonds is 2. The van der Waals surface area contributed by atoms with E-state index in [0.29, 0.717) is 17.7 Å². The van der Waals surface area contributed by atoms with Crippen molar-refractivity contribution in [2.24, 2.45) is 0 Å². The number of ketones is 1. The maximum absolute atomic E-state index is 12.9. The second kappa shape index (κ2) is 5.93. The minimum Gasteiger partial charge on any atom is -0.307 e. The van der Waals surface area contributed by atoms with Crippen LogP contribution in [0.1, 0.15) is 38.1 Å². The van der Waals surface area contributed by atoms with Crippen LogP contribution in [-0.4, -0.2) is 28.1 Å². The highest BCUT2D eigenvalue weighted by Gasteiger charge is 2.28. The molecule has 0 aliphatic carbocycles. The van der Waals surface area contributed by atoms with Gasteiger partial charge in [-0.3, -0.25) is 14.6 Å². The number of pyridine rings is 1. The number of benzene rings is 1. The lowest BCUT2D eigenvalue weighted by Crippen LogP contribution is -2.34. The molecule has 3 heterocycles. The number of hydrogen-bond donors (Lipinski definition) is 0. The van der Waals surface area contributed by atoms with Crippen LogP contribution in [-0.2, 0) is 6.42 Å². The molecule has 0 N–H and O–H groups in total. The third-order valence-corrected chi connectivity index (χ3v) is 5.77. The van der Waals surface area contributed by atoms with E-state index in [1.807, 2.05) is 12.1 Å². The average Bonchev–Trinajstić information content (AvgIpc) is 3.01. The van der Waals surface area contributed by atoms with Gasteiger partial charge in [0.2, 0.25) is 0 Å². The number of carbonyl (C=O) groups is 2. The van der Waals surface area contributed by atoms with Gasteiger partial charge < -0.3 is 4.90 Å². The molecule has 0 spiro atoms. The molecular formula is C20H16N2O2S. The molecule has 124 valence electrons. The van der Waals surface area contributed by atoms with Crippen LogP contribution in [0.25, 0.3) is 15.8 Å². The Morgan fingerprint density at radius 2 is 1.96 bits per heavy atom. The minimum atomic E-state index is -0.163. The van der Waals surface area contributed by atoms with E-state index in [-0.39, 0.29) is 11.7 Å². The predicted molar refractivity (Wildman–Crippen MR) is 99.8 cm³/mol. The summed E-state index contributed by atoms with van der Waals surface area (Å²) in [6.07, 6.45) is 3.78. The highest BCUT2D eigenvalue weighted by molar-refractivity contribution is 7.20. The fraction of sp³-hybridized carbons (Fsp3) is 0.150. The van der Waals surface area contributed by atoms with Crippen molar-refractivity contribution in [2.45, 2.75) is 13.3 Å². The highest BCUT2D eigenvalue weighted by atomic mass is 32.1. The van der Waals surface area contributed by atoms with Crippen LogP contribution in [0.2, 0.25) is 0 Å². The van der Waals surface area contributed by atoms with Crippen molar-refractivity contribution in [1.82, 2.24) is 9.88 Å². The molecule has 4 rings (SSSR count). The van der Waals surface area contributed by atoms with E-state index in [9.17, 15) is 9.59 Å². The molecule has 1 aromatic carbocycles. The van der Waals surface area contributed by atoms with E-state index in [4.69, 9.17) is 0 Å². The van der Waals surface area contributed by atoms with Gasteiger partial charge in [0.05, 0.1) is 16.1 Å². The third kappa shape index (κ3) is 2.57. The van der Waals surface area contributed by atoms with Gasteiger partial charge in [-0.05, 0) is 36.4 Å². The molecular weight excluding hydrogens is 332 g/mol. The number of hydrogen-bond acceptors (Lipinski definition) is 4. The summed E-state index contributed by atoms with van der Waals surface area (Å²) >= 11 is 1.67. The first-order chi connectivity index (χ1) is 12.1. The van der Waals surface area contributed by atoms with E-state index < -0.39 is 0 Å². The molecule has 0 saturated heterocycles. The standard InChI is InChI=1S/C20H16N2O2S/c1-12-19-17(16-5-3-4-6-18(16)25-19)7-8-22(12)20(24)15-9-14(13(2)23)10-21-11-15/h3-6,9-11H,1,7-8H2,2H3. The summed E-state index contributed by atoms with van der Waals surface area (Å²) < 4.78 is 1.21. The third-order valence-electron chi connectivity index (χ3n) is 4.51. The number of Topliss-reactive ketones (excluding diaryl/α,β-unsaturated/α-hetero) is 1. The SMILES string of the molecule is C=C1c2sc3ccccc3c2CCN1C(=O)c1cncc(C(C)=O)c1. The maximum Gasteiger partial charge on any atom is 0.259 e. The van der Waals surface area contributed by atoms with Gasteiger partial charge >= 0.3 is 0 Å². The molecule has 1 amide bonds. The van der Waals surface area contributed by atoms with Crippen LogP contribution in [0, 0.1) is 0 Å². The first kappa shape index (κ1) is 15.7. The molecule has 1 aliphatic heterocycles. The van der Waals surface area contributed by atoms with E-state index in [0.717, 1.165) is 17.0 Å². The lowest BCUT2D eigenvalue weighted by molar-refractivity contribution is 0.0834. The largest absolute Gasteiger partial charge is 0.307 e. The summed E-state index contributed by atoms with van der Waals surface area (Å²) in [5.41, 5.74) is 2.85. The second-order valence-electron chi connectivity index (χ2n) is 6.08. The Morgan fingerprint density at radius 1 is 1.20 bits per heavy atom. The summed E-state index contributed by atoms with van der Waals surface area (Å²) in [6, 6.07) is 9.88. The zero-order chi connectivity index (χ0) is 17.6. The van der Waals surface area contributed by atoms with Crippen LogP contribution in [0.15, 0.2) is 49.3 Å². The topological polar surface area (TPSA) is 50.3 Å². The summed E-state index contributed by atoms with van der Waals surface area (Å²) in [4.78, 5) is 31.3. The van der Waals surface area contributed by atoms with E-state index in [1.54, 1.807) is 22.3 Å². The zero-order valence-corrected chi connectivity index (χ0v) is 14.6. The van der Waals surface area contributed by atoms with Gasteiger partial charge in [-0.1, -0.05) is 24.8 Å². The van der Waals surface area contributed by atoms with Gasteiger partial charge in [0.25, 0.3) is 5.91 Å². The molecule has 4 nitrogen and oxygen atoms in total. The maximum atomic E-state index is 12.9. The van der Waals surface area contributed by atoms with E-state index in [2.05, 4.69) is 23.7 Å². The van der Waals surface area contributed by atoms with Gasteiger partial charge in [0, 0.05) is 29.2 Å². The number of carbonyl (C=O) groups excluding carboxylic acids is 2. The Balaban J connectivity index is 1.71. The molecule has 0 bridgehead atoms. The summed E-state index contributed by atoms with van der Waals surface area (Å²) in [5, 5.41) is 1.25. The lowest BCUT2D eigenvalue weighted by Gasteiger charge is -2.29. The molecule has 2 aromatic heterocycles. The highest BCUT2D eigenvalue weighted by Crippen LogP contribution is 2.40. The average molecular weight is 348 g/mol. The quantitative estimate of drug-likeness (QED) is 0.653. The molecule has 5 heteroatoms. The normalized spacial score (nSPS) is 13.8. The number of aromatic nitrogens is 1. The van der Waals surface area contributed by atoms with Crippen LogP contribution in [0.3, 0.4) is 0 Å². The first-order valence-corrected chi connectivity index (χ1v) is 8.85. The molecule has 0 unspecified atom stereocenters. The Morgan fingerprint density at radius 3 is 2.76 bits per heavy atom. The Kier molecular flexibility index (Phi) is 3.73. The van der Waals surface area contributed by atoms with Crippen molar-refractivity contribution in [3.8, 4) is 0 Å². The number of nitrogens with zero attached hydrogens (tertiary/aromatic N) is 2. The predicted octanol–water partition coefficient (Wildman–Crippen LogP) is 4.17. The molecule has 3 aromatic rings. The molecule has 25 heavy (non-hydrogen) atoms. The van der Waals surface area contributed by atoms with Gasteiger partial charge in [-0.25, -0.2) is 0 Å². The van der Waals surface area contributed by atoms with Crippen molar-refractivity contribution >= 4 is 38.8 Å². The molecule has 0 atom stereocenters. The summed E-state index contributed by atoms with van der Waals surface area (Å²) in [7, 11) is 0. The van der Waals surface area contributed by atoms with Gasteiger partial charge in [0.1, 0.15) is 0 Å². The second-order valence-corrected chi connectivity index (χ2v) is 7.13. The summed E-state index contributed by atoms with van der Waals surface area (Å²) in [5.74, 6) is -0.268. The number of amides is 1. The van der Waals surface area contributed by atoms with E-state index >= 15 is 0 Å². The Hall–Kier alpha value is -2.79. The van der Waals surface area contributed by atoms with Gasteiger partial charge in [0.15, 0.2) is 5.78 Å². The fourth-order valence-corrected chi connectivity index (χ4v) is 4.42. The van der Waals surface area contributed by atoms with Gasteiger partial charge in [-0.2, -0.15) is 0 Å². The molecule has 0 radical (unpaired) electrons. The first-order valence-electron chi connectivity index (χ1n) is 8.04. The van der Waals surface area contributed by atoms with Crippen molar-refractivity contribution in [3.63, 3.8) is 0 Å². The zero-order valence-electron chi connectivity index (χ0n) is 13.8. The summed E-state index contributed by atoms with van der Waals surface area (Å²) in [6.45, 7) is 6.21. The van der Waals surface area contributed by atoms with Crippen LogP contribution < -0.4 is 0 Å². The van der Waals surface area contributed by atoms with Crippen LogP contribution in [0.5, 0.6) is 0 Å². The van der Waals surface area contributed by atoms with Crippen LogP contribution >= 0.6 is 11.3 Å². The van der Waals surface area contributed by atoms with E-state index in [1.165, 1.54) is 35.0 Å². The lowest BCUT2D eigenvalue weighted by atomic mass is 10.0. The molecule has 0 saturated carbocycles. The Labute approximate surface area is 149 Å². The minimum absolute atomic E-state index is 0.105. The monoisotopic (exact) mass is 348 g/mol. The van der Waals surface area contributed by atoms with Crippen LogP contribution in [0.4, 0.5) is 0 Å². The van der Waals surface area contributed by atoms with Crippen molar-refractivity contribution in [3.05, 3.63) is 70.9 Å². The molecule has 1 aliphatic rings. The smallest absolute Gasteiger partial charge is 0.259 e. The number of thiophene rings is 1. The molecule has 0 fully saturated rings.